The molecule has 0 saturated carbocycles. The minimum absolute atomic E-state index is 0.142. The number of ether oxygens (including phenoxy) is 1. The molecule has 1 aromatic carbocycles. The molecule has 0 aliphatic rings. The monoisotopic (exact) mass is 333 g/mol. The van der Waals surface area contributed by atoms with Crippen LogP contribution in [0.5, 0.6) is 11.5 Å². The molecule has 0 aliphatic heterocycles. The third-order valence-electron chi connectivity index (χ3n) is 3.60. The maximum atomic E-state index is 11.9. The number of hydrogen-bond donors (Lipinski definition) is 2. The van der Waals surface area contributed by atoms with Gasteiger partial charge in [-0.15, -0.1) is 0 Å². The van der Waals surface area contributed by atoms with Gasteiger partial charge in [0, 0.05) is 35.9 Å². The number of rotatable bonds is 4. The van der Waals surface area contributed by atoms with Gasteiger partial charge in [0.05, 0.1) is 0 Å². The van der Waals surface area contributed by atoms with Gasteiger partial charge in [0.2, 0.25) is 0 Å². The molecule has 25 heavy (non-hydrogen) atoms. The number of benzene rings is 1. The highest BCUT2D eigenvalue weighted by molar-refractivity contribution is 5.61. The molecule has 0 saturated heterocycles. The van der Waals surface area contributed by atoms with E-state index in [1.807, 2.05) is 24.3 Å². The van der Waals surface area contributed by atoms with E-state index in [0.29, 0.717) is 17.2 Å². The van der Waals surface area contributed by atoms with Crippen LogP contribution in [-0.2, 0) is 0 Å². The van der Waals surface area contributed by atoms with Crippen LogP contribution in [-0.4, -0.2) is 19.6 Å². The van der Waals surface area contributed by atoms with E-state index in [1.165, 1.54) is 10.6 Å². The van der Waals surface area contributed by atoms with Crippen LogP contribution in [0, 0.1) is 6.92 Å². The summed E-state index contributed by atoms with van der Waals surface area (Å²) in [5.74, 6) is 2.13. The van der Waals surface area contributed by atoms with E-state index in [9.17, 15) is 4.79 Å². The molecule has 0 atom stereocenters. The Balaban J connectivity index is 1.53. The molecule has 0 radical (unpaired) electrons. The second-order valence-corrected chi connectivity index (χ2v) is 5.53. The molecule has 3 aromatic heterocycles. The maximum Gasteiger partial charge on any atom is 0.272 e. The fourth-order valence-corrected chi connectivity index (χ4v) is 2.48. The molecule has 0 unspecified atom stereocenters. The van der Waals surface area contributed by atoms with E-state index in [-0.39, 0.29) is 5.56 Å². The molecule has 0 aliphatic carbocycles. The molecule has 124 valence electrons. The Labute approximate surface area is 142 Å². The van der Waals surface area contributed by atoms with E-state index >= 15 is 0 Å². The Kier molecular flexibility index (Phi) is 3.66. The molecule has 0 spiro atoms. The standard InChI is InChI=1S/C18H15N5O2/c1-12-10-18(24)23-17(20-12)11-16(22-23)21-13-2-4-14(5-3-13)25-15-6-8-19-9-7-15/h2-11,21-22H,1H3. The summed E-state index contributed by atoms with van der Waals surface area (Å²) in [6.45, 7) is 1.79. The van der Waals surface area contributed by atoms with Gasteiger partial charge in [0.25, 0.3) is 5.56 Å². The van der Waals surface area contributed by atoms with Gasteiger partial charge in [-0.3, -0.25) is 14.9 Å². The lowest BCUT2D eigenvalue weighted by molar-refractivity contribution is 0.482. The number of H-pyrrole nitrogens is 1. The van der Waals surface area contributed by atoms with Crippen LogP contribution in [0.3, 0.4) is 0 Å². The summed E-state index contributed by atoms with van der Waals surface area (Å²) in [6.07, 6.45) is 3.36. The van der Waals surface area contributed by atoms with Crippen molar-refractivity contribution < 1.29 is 4.74 Å². The van der Waals surface area contributed by atoms with Crippen LogP contribution in [0.2, 0.25) is 0 Å². The smallest absolute Gasteiger partial charge is 0.272 e. The van der Waals surface area contributed by atoms with E-state index in [2.05, 4.69) is 20.4 Å². The Morgan fingerprint density at radius 1 is 1.04 bits per heavy atom. The second kappa shape index (κ2) is 6.12. The lowest BCUT2D eigenvalue weighted by Gasteiger charge is -2.07. The van der Waals surface area contributed by atoms with Crippen LogP contribution < -0.4 is 15.6 Å². The zero-order valence-electron chi connectivity index (χ0n) is 13.4. The van der Waals surface area contributed by atoms with Gasteiger partial charge in [-0.2, -0.15) is 4.52 Å². The van der Waals surface area contributed by atoms with Gasteiger partial charge >= 0.3 is 0 Å². The quantitative estimate of drug-likeness (QED) is 0.599. The fourth-order valence-electron chi connectivity index (χ4n) is 2.48. The van der Waals surface area contributed by atoms with E-state index in [0.717, 1.165) is 17.2 Å². The van der Waals surface area contributed by atoms with Crippen molar-refractivity contribution in [1.82, 2.24) is 19.6 Å². The first kappa shape index (κ1) is 14.9. The zero-order chi connectivity index (χ0) is 17.2. The lowest BCUT2D eigenvalue weighted by Crippen LogP contribution is -2.14. The average Bonchev–Trinajstić information content (AvgIpc) is 3.00. The minimum Gasteiger partial charge on any atom is -0.457 e. The summed E-state index contributed by atoms with van der Waals surface area (Å²) < 4.78 is 7.13. The largest absolute Gasteiger partial charge is 0.457 e. The van der Waals surface area contributed by atoms with Crippen LogP contribution in [0.15, 0.2) is 65.7 Å². The molecule has 0 amide bonds. The molecule has 0 fully saturated rings. The number of aryl methyl sites for hydroxylation is 1. The average molecular weight is 333 g/mol. The van der Waals surface area contributed by atoms with Crippen molar-refractivity contribution >= 4 is 17.2 Å². The number of anilines is 2. The van der Waals surface area contributed by atoms with Crippen molar-refractivity contribution in [2.45, 2.75) is 6.92 Å². The van der Waals surface area contributed by atoms with Crippen molar-refractivity contribution in [1.29, 1.82) is 0 Å². The molecule has 4 aromatic rings. The SMILES string of the molecule is Cc1cc(=O)n2[nH]c(Nc3ccc(Oc4ccncc4)cc3)cc2n1. The molecule has 3 heterocycles. The molecule has 4 rings (SSSR count). The highest BCUT2D eigenvalue weighted by Crippen LogP contribution is 2.23. The lowest BCUT2D eigenvalue weighted by atomic mass is 10.3. The molecular formula is C18H15N5O2. The molecule has 7 heteroatoms. The number of aromatic nitrogens is 4. The second-order valence-electron chi connectivity index (χ2n) is 5.53. The third kappa shape index (κ3) is 3.20. The van der Waals surface area contributed by atoms with E-state index < -0.39 is 0 Å². The first-order valence-electron chi connectivity index (χ1n) is 7.72. The number of nitrogens with one attached hydrogen (secondary N) is 2. The Hall–Kier alpha value is -3.61. The number of pyridine rings is 1. The van der Waals surface area contributed by atoms with Gasteiger partial charge in [-0.05, 0) is 43.3 Å². The van der Waals surface area contributed by atoms with Crippen LogP contribution in [0.1, 0.15) is 5.69 Å². The first-order valence-corrected chi connectivity index (χ1v) is 7.72. The summed E-state index contributed by atoms with van der Waals surface area (Å²) in [4.78, 5) is 20.2. The van der Waals surface area contributed by atoms with Crippen molar-refractivity contribution in [3.63, 3.8) is 0 Å². The molecular weight excluding hydrogens is 318 g/mol. The number of nitrogens with zero attached hydrogens (tertiary/aromatic N) is 3. The van der Waals surface area contributed by atoms with Gasteiger partial charge < -0.3 is 10.1 Å². The van der Waals surface area contributed by atoms with Crippen LogP contribution in [0.25, 0.3) is 5.65 Å². The van der Waals surface area contributed by atoms with Crippen molar-refractivity contribution in [2.24, 2.45) is 0 Å². The Morgan fingerprint density at radius 2 is 1.76 bits per heavy atom. The minimum atomic E-state index is -0.142. The number of fused-ring (bicyclic) bond motifs is 1. The number of aromatic amines is 1. The molecule has 2 N–H and O–H groups in total. The first-order chi connectivity index (χ1) is 12.2. The fraction of sp³-hybridized carbons (Fsp3) is 0.0556. The predicted molar refractivity (Wildman–Crippen MR) is 94.6 cm³/mol. The summed E-state index contributed by atoms with van der Waals surface area (Å²) in [5.41, 5.74) is 1.98. The summed E-state index contributed by atoms with van der Waals surface area (Å²) in [7, 11) is 0. The van der Waals surface area contributed by atoms with E-state index in [1.54, 1.807) is 37.5 Å². The van der Waals surface area contributed by atoms with Gasteiger partial charge in [-0.25, -0.2) is 4.98 Å². The van der Waals surface area contributed by atoms with Gasteiger partial charge in [-0.1, -0.05) is 0 Å². The topological polar surface area (TPSA) is 84.3 Å². The summed E-state index contributed by atoms with van der Waals surface area (Å²) in [6, 6.07) is 14.4. The Morgan fingerprint density at radius 3 is 2.52 bits per heavy atom. The van der Waals surface area contributed by atoms with Gasteiger partial charge in [0.1, 0.15) is 17.3 Å². The normalized spacial score (nSPS) is 10.8. The highest BCUT2D eigenvalue weighted by Gasteiger charge is 2.05. The van der Waals surface area contributed by atoms with Crippen molar-refractivity contribution in [3.8, 4) is 11.5 Å². The maximum absolute atomic E-state index is 11.9. The van der Waals surface area contributed by atoms with Crippen molar-refractivity contribution in [2.75, 3.05) is 5.32 Å². The van der Waals surface area contributed by atoms with Crippen LogP contribution in [0.4, 0.5) is 11.5 Å². The summed E-state index contributed by atoms with van der Waals surface area (Å²) >= 11 is 0. The molecule has 0 bridgehead atoms. The van der Waals surface area contributed by atoms with Crippen molar-refractivity contribution in [3.05, 3.63) is 77.0 Å². The molecule has 7 nitrogen and oxygen atoms in total. The third-order valence-corrected chi connectivity index (χ3v) is 3.60. The zero-order valence-corrected chi connectivity index (χ0v) is 13.4. The van der Waals surface area contributed by atoms with E-state index in [4.69, 9.17) is 4.74 Å². The Bertz CT molecular complexity index is 1070. The highest BCUT2D eigenvalue weighted by atomic mass is 16.5. The van der Waals surface area contributed by atoms with Crippen LogP contribution >= 0.6 is 0 Å². The van der Waals surface area contributed by atoms with Gasteiger partial charge in [0.15, 0.2) is 5.65 Å². The number of hydrogen-bond acceptors (Lipinski definition) is 5. The predicted octanol–water partition coefficient (Wildman–Crippen LogP) is 3.26. The summed E-state index contributed by atoms with van der Waals surface area (Å²) in [5, 5.41) is 6.20.